The molecule has 164 valence electrons. The van der Waals surface area contributed by atoms with Crippen molar-refractivity contribution in [3.8, 4) is 5.75 Å². The van der Waals surface area contributed by atoms with Gasteiger partial charge in [0.05, 0.1) is 20.3 Å². The molecule has 7 nitrogen and oxygen atoms in total. The molecule has 1 rings (SSSR count). The Kier molecular flexibility index (Phi) is 9.17. The summed E-state index contributed by atoms with van der Waals surface area (Å²) in [5, 5.41) is 3.20. The first-order valence-electron chi connectivity index (χ1n) is 8.02. The number of hydrogen-bond donors (Lipinski definition) is 2. The van der Waals surface area contributed by atoms with Crippen LogP contribution in [0.4, 0.5) is 26.3 Å². The van der Waals surface area contributed by atoms with Gasteiger partial charge in [-0.1, -0.05) is 12.1 Å². The van der Waals surface area contributed by atoms with Crippen molar-refractivity contribution >= 4 is 11.8 Å². The Morgan fingerprint density at radius 1 is 0.862 bits per heavy atom. The van der Waals surface area contributed by atoms with E-state index in [9.17, 15) is 35.9 Å². The highest BCUT2D eigenvalue weighted by Crippen LogP contribution is 2.22. The summed E-state index contributed by atoms with van der Waals surface area (Å²) >= 11 is 0. The van der Waals surface area contributed by atoms with Crippen molar-refractivity contribution in [1.29, 1.82) is 0 Å². The summed E-state index contributed by atoms with van der Waals surface area (Å²) < 4.78 is 88.2. The van der Waals surface area contributed by atoms with Crippen LogP contribution < -0.4 is 15.4 Å². The number of ether oxygens (including phenoxy) is 3. The number of carbonyl (C=O) groups excluding carboxylic acids is 2. The molecule has 0 atom stereocenters. The van der Waals surface area contributed by atoms with E-state index in [2.05, 4.69) is 0 Å². The lowest BCUT2D eigenvalue weighted by molar-refractivity contribution is -0.176. The summed E-state index contributed by atoms with van der Waals surface area (Å²) in [4.78, 5) is 21.5. The van der Waals surface area contributed by atoms with E-state index in [1.54, 1.807) is 10.6 Å². The van der Waals surface area contributed by atoms with Crippen LogP contribution in [-0.2, 0) is 19.1 Å². The van der Waals surface area contributed by atoms with Crippen LogP contribution in [0.2, 0.25) is 0 Å². The Hall–Kier alpha value is -2.54. The molecule has 0 fully saturated rings. The molecule has 29 heavy (non-hydrogen) atoms. The summed E-state index contributed by atoms with van der Waals surface area (Å²) in [6, 6.07) is 6.08. The third-order valence-corrected chi connectivity index (χ3v) is 3.22. The molecule has 0 saturated carbocycles. The van der Waals surface area contributed by atoms with E-state index in [0.717, 1.165) is 0 Å². The average molecular weight is 432 g/mol. The molecule has 0 aliphatic heterocycles. The second kappa shape index (κ2) is 10.9. The van der Waals surface area contributed by atoms with Gasteiger partial charge in [0.2, 0.25) is 0 Å². The van der Waals surface area contributed by atoms with Crippen LogP contribution in [0, 0.1) is 0 Å². The lowest BCUT2D eigenvalue weighted by Gasteiger charge is -2.20. The maximum Gasteiger partial charge on any atom is 0.471 e. The smallest absolute Gasteiger partial charge is 0.471 e. The molecule has 2 amide bonds. The van der Waals surface area contributed by atoms with Crippen LogP contribution in [0.15, 0.2) is 24.3 Å². The Morgan fingerprint density at radius 2 is 1.28 bits per heavy atom. The second-order valence-corrected chi connectivity index (χ2v) is 5.35. The molecular formula is C16H18F6N2O5. The van der Waals surface area contributed by atoms with Crippen molar-refractivity contribution in [2.45, 2.75) is 18.6 Å². The van der Waals surface area contributed by atoms with Gasteiger partial charge in [0.15, 0.2) is 6.29 Å². The van der Waals surface area contributed by atoms with Gasteiger partial charge in [0.1, 0.15) is 5.75 Å². The first-order chi connectivity index (χ1) is 13.4. The molecular weight excluding hydrogens is 414 g/mol. The molecule has 13 heteroatoms. The number of nitrogens with one attached hydrogen (secondary N) is 2. The topological polar surface area (TPSA) is 85.9 Å². The van der Waals surface area contributed by atoms with Gasteiger partial charge in [-0.05, 0) is 12.1 Å². The summed E-state index contributed by atoms with van der Waals surface area (Å²) in [6.07, 6.45) is -11.3. The minimum atomic E-state index is -5.04. The van der Waals surface area contributed by atoms with Gasteiger partial charge >= 0.3 is 24.2 Å². The standard InChI is InChI=1S/C16H18F6N2O5/c1-27-11-4-2-10(3-5-11)12(28-8-6-23-13(25)15(17,18)19)29-9-7-24-14(26)16(20,21)22/h2-5,12H,6-9H2,1H3,(H,23,25)(H,24,26). The number of halogens is 6. The SMILES string of the molecule is COc1ccc(C(OCCNC(=O)C(F)(F)F)OCCNC(=O)C(F)(F)F)cc1. The number of methoxy groups -OCH3 is 1. The molecule has 2 N–H and O–H groups in total. The highest BCUT2D eigenvalue weighted by molar-refractivity contribution is 5.81. The molecule has 0 aliphatic rings. The van der Waals surface area contributed by atoms with E-state index >= 15 is 0 Å². The van der Waals surface area contributed by atoms with Crippen LogP contribution in [0.25, 0.3) is 0 Å². The Labute approximate surface area is 161 Å². The normalized spacial score (nSPS) is 12.0. The van der Waals surface area contributed by atoms with Crippen molar-refractivity contribution in [3.05, 3.63) is 29.8 Å². The number of rotatable bonds is 10. The number of hydrogen-bond acceptors (Lipinski definition) is 5. The van der Waals surface area contributed by atoms with Gasteiger partial charge in [-0.3, -0.25) is 9.59 Å². The van der Waals surface area contributed by atoms with Gasteiger partial charge in [-0.2, -0.15) is 26.3 Å². The summed E-state index contributed by atoms with van der Waals surface area (Å²) in [7, 11) is 1.42. The molecule has 0 saturated heterocycles. The summed E-state index contributed by atoms with van der Waals surface area (Å²) in [5.41, 5.74) is 0.384. The van der Waals surface area contributed by atoms with E-state index in [4.69, 9.17) is 14.2 Å². The van der Waals surface area contributed by atoms with Gasteiger partial charge < -0.3 is 24.8 Å². The molecule has 0 spiro atoms. The molecule has 0 heterocycles. The molecule has 0 aliphatic carbocycles. The third kappa shape index (κ3) is 9.00. The largest absolute Gasteiger partial charge is 0.497 e. The third-order valence-electron chi connectivity index (χ3n) is 3.22. The first kappa shape index (κ1) is 24.5. The fraction of sp³-hybridized carbons (Fsp3) is 0.500. The van der Waals surface area contributed by atoms with Crippen LogP contribution in [0.1, 0.15) is 11.9 Å². The highest BCUT2D eigenvalue weighted by atomic mass is 19.4. The van der Waals surface area contributed by atoms with Crippen LogP contribution in [0.5, 0.6) is 5.75 Å². The van der Waals surface area contributed by atoms with E-state index in [1.807, 2.05) is 0 Å². The molecule has 0 bridgehead atoms. The van der Waals surface area contributed by atoms with Gasteiger partial charge in [-0.25, -0.2) is 0 Å². The van der Waals surface area contributed by atoms with Gasteiger partial charge in [0, 0.05) is 18.7 Å². The zero-order chi connectivity index (χ0) is 22.1. The highest BCUT2D eigenvalue weighted by Gasteiger charge is 2.38. The van der Waals surface area contributed by atoms with E-state index in [0.29, 0.717) is 11.3 Å². The fourth-order valence-electron chi connectivity index (χ4n) is 1.86. The zero-order valence-electron chi connectivity index (χ0n) is 15.0. The molecule has 1 aromatic carbocycles. The van der Waals surface area contributed by atoms with Crippen molar-refractivity contribution in [3.63, 3.8) is 0 Å². The summed E-state index contributed by atoms with van der Waals surface area (Å²) in [6.45, 7) is -1.74. The zero-order valence-corrected chi connectivity index (χ0v) is 15.0. The summed E-state index contributed by atoms with van der Waals surface area (Å²) in [5.74, 6) is -3.79. The van der Waals surface area contributed by atoms with E-state index in [1.165, 1.54) is 31.4 Å². The van der Waals surface area contributed by atoms with Crippen LogP contribution in [0.3, 0.4) is 0 Å². The van der Waals surface area contributed by atoms with Crippen LogP contribution in [-0.4, -0.2) is 57.6 Å². The van der Waals surface area contributed by atoms with Crippen molar-refractivity contribution in [2.24, 2.45) is 0 Å². The van der Waals surface area contributed by atoms with Crippen molar-refractivity contribution in [1.82, 2.24) is 10.6 Å². The number of amides is 2. The van der Waals surface area contributed by atoms with Crippen LogP contribution >= 0.6 is 0 Å². The lowest BCUT2D eigenvalue weighted by Crippen LogP contribution is -2.39. The Bertz CT molecular complexity index is 629. The number of benzene rings is 1. The first-order valence-corrected chi connectivity index (χ1v) is 8.02. The Balaban J connectivity index is 2.59. The van der Waals surface area contributed by atoms with E-state index in [-0.39, 0.29) is 13.2 Å². The van der Waals surface area contributed by atoms with Gasteiger partial charge in [-0.15, -0.1) is 0 Å². The minimum absolute atomic E-state index is 0.382. The predicted octanol–water partition coefficient (Wildman–Crippen LogP) is 2.08. The average Bonchev–Trinajstić information content (AvgIpc) is 2.64. The van der Waals surface area contributed by atoms with Crippen molar-refractivity contribution < 1.29 is 50.1 Å². The van der Waals surface area contributed by atoms with E-state index < -0.39 is 43.5 Å². The maximum atomic E-state index is 12.1. The monoisotopic (exact) mass is 432 g/mol. The molecule has 0 aromatic heterocycles. The minimum Gasteiger partial charge on any atom is -0.497 e. The fourth-order valence-corrected chi connectivity index (χ4v) is 1.86. The second-order valence-electron chi connectivity index (χ2n) is 5.35. The predicted molar refractivity (Wildman–Crippen MR) is 85.8 cm³/mol. The number of carbonyl (C=O) groups is 2. The quantitative estimate of drug-likeness (QED) is 0.336. The van der Waals surface area contributed by atoms with Crippen molar-refractivity contribution in [2.75, 3.05) is 33.4 Å². The number of alkyl halides is 6. The molecule has 1 aromatic rings. The maximum absolute atomic E-state index is 12.1. The van der Waals surface area contributed by atoms with Gasteiger partial charge in [0.25, 0.3) is 0 Å². The molecule has 0 radical (unpaired) electrons. The molecule has 0 unspecified atom stereocenters. The lowest BCUT2D eigenvalue weighted by atomic mass is 10.2. The Morgan fingerprint density at radius 3 is 1.62 bits per heavy atom.